The first-order valence-corrected chi connectivity index (χ1v) is 9.69. The Kier molecular flexibility index (Phi) is 4.71. The predicted octanol–water partition coefficient (Wildman–Crippen LogP) is 6.35. The Balaban J connectivity index is 1.49. The second kappa shape index (κ2) is 7.21. The van der Waals surface area contributed by atoms with E-state index in [-0.39, 0.29) is 11.3 Å². The average Bonchev–Trinajstić information content (AvgIpc) is 3.11. The number of carbonyl (C=O) groups excluding carboxylic acids is 1. The molecule has 0 aliphatic rings. The first-order chi connectivity index (χ1) is 13.8. The molecule has 1 heterocycles. The highest BCUT2D eigenvalue weighted by atomic mass is 16.3. The van der Waals surface area contributed by atoms with Crippen molar-refractivity contribution in [3.05, 3.63) is 83.4 Å². The molecule has 0 aliphatic carbocycles. The van der Waals surface area contributed by atoms with Crippen LogP contribution in [0.15, 0.2) is 71.1 Å². The van der Waals surface area contributed by atoms with Gasteiger partial charge in [0.05, 0.1) is 0 Å². The quantitative estimate of drug-likeness (QED) is 0.447. The number of aromatic nitrogens is 1. The van der Waals surface area contributed by atoms with Crippen LogP contribution >= 0.6 is 0 Å². The van der Waals surface area contributed by atoms with E-state index in [1.165, 1.54) is 5.56 Å². The number of nitrogens with one attached hydrogen (secondary N) is 1. The van der Waals surface area contributed by atoms with E-state index in [9.17, 15) is 4.79 Å². The summed E-state index contributed by atoms with van der Waals surface area (Å²) >= 11 is 0. The highest BCUT2D eigenvalue weighted by Crippen LogP contribution is 2.26. The lowest BCUT2D eigenvalue weighted by Gasteiger charge is -2.19. The number of nitrogens with zero attached hydrogens (tertiary/aromatic N) is 1. The van der Waals surface area contributed by atoms with Crippen LogP contribution in [-0.4, -0.2) is 10.9 Å². The molecule has 4 nitrogen and oxygen atoms in total. The number of amides is 1. The minimum Gasteiger partial charge on any atom is -0.436 e. The summed E-state index contributed by atoms with van der Waals surface area (Å²) in [6.07, 6.45) is 0. The Labute approximate surface area is 170 Å². The second-order valence-corrected chi connectivity index (χ2v) is 8.35. The maximum absolute atomic E-state index is 12.5. The summed E-state index contributed by atoms with van der Waals surface area (Å²) in [7, 11) is 0. The average molecular weight is 384 g/mol. The molecule has 4 heteroatoms. The summed E-state index contributed by atoms with van der Waals surface area (Å²) in [5.74, 6) is 0.441. The number of carbonyl (C=O) groups is 1. The van der Waals surface area contributed by atoms with Crippen molar-refractivity contribution in [2.24, 2.45) is 0 Å². The van der Waals surface area contributed by atoms with Crippen molar-refractivity contribution in [3.8, 4) is 11.5 Å². The van der Waals surface area contributed by atoms with E-state index in [1.807, 2.05) is 73.7 Å². The van der Waals surface area contributed by atoms with Gasteiger partial charge in [-0.05, 0) is 72.0 Å². The van der Waals surface area contributed by atoms with E-state index >= 15 is 0 Å². The highest BCUT2D eigenvalue weighted by molar-refractivity contribution is 6.04. The minimum absolute atomic E-state index is 0.0637. The summed E-state index contributed by atoms with van der Waals surface area (Å²) < 4.78 is 5.87. The number of fused-ring (bicyclic) bond motifs is 1. The summed E-state index contributed by atoms with van der Waals surface area (Å²) in [5, 5.41) is 2.94. The Morgan fingerprint density at radius 3 is 2.28 bits per heavy atom. The van der Waals surface area contributed by atoms with Gasteiger partial charge in [-0.1, -0.05) is 39.0 Å². The van der Waals surface area contributed by atoms with Gasteiger partial charge in [-0.15, -0.1) is 0 Å². The third-order valence-corrected chi connectivity index (χ3v) is 4.95. The second-order valence-electron chi connectivity index (χ2n) is 8.35. The van der Waals surface area contributed by atoms with Crippen LogP contribution in [0.2, 0.25) is 0 Å². The molecule has 0 atom stereocenters. The zero-order chi connectivity index (χ0) is 20.6. The molecular weight excluding hydrogens is 360 g/mol. The Morgan fingerprint density at radius 1 is 0.931 bits per heavy atom. The largest absolute Gasteiger partial charge is 0.436 e. The van der Waals surface area contributed by atoms with E-state index in [0.717, 1.165) is 27.9 Å². The number of oxazole rings is 1. The molecule has 1 amide bonds. The lowest BCUT2D eigenvalue weighted by molar-refractivity contribution is 0.102. The third kappa shape index (κ3) is 4.06. The normalized spacial score (nSPS) is 11.6. The number of anilines is 1. The van der Waals surface area contributed by atoms with Crippen LogP contribution in [0.5, 0.6) is 0 Å². The van der Waals surface area contributed by atoms with Crippen LogP contribution in [-0.2, 0) is 5.41 Å². The fraction of sp³-hybridized carbons (Fsp3) is 0.200. The smallest absolute Gasteiger partial charge is 0.255 e. The molecule has 3 aromatic carbocycles. The summed E-state index contributed by atoms with van der Waals surface area (Å²) in [5.41, 5.74) is 6.24. The summed E-state index contributed by atoms with van der Waals surface area (Å²) in [6.45, 7) is 8.49. The van der Waals surface area contributed by atoms with Crippen molar-refractivity contribution < 1.29 is 9.21 Å². The van der Waals surface area contributed by atoms with Crippen LogP contribution in [0.1, 0.15) is 42.3 Å². The Morgan fingerprint density at radius 2 is 1.62 bits per heavy atom. The molecule has 29 heavy (non-hydrogen) atoms. The molecule has 4 rings (SSSR count). The van der Waals surface area contributed by atoms with E-state index in [1.54, 1.807) is 0 Å². The number of hydrogen-bond acceptors (Lipinski definition) is 3. The van der Waals surface area contributed by atoms with E-state index in [4.69, 9.17) is 4.42 Å². The fourth-order valence-corrected chi connectivity index (χ4v) is 3.18. The number of hydrogen-bond donors (Lipinski definition) is 1. The third-order valence-electron chi connectivity index (χ3n) is 4.95. The van der Waals surface area contributed by atoms with Crippen LogP contribution in [0.4, 0.5) is 5.69 Å². The van der Waals surface area contributed by atoms with Gasteiger partial charge in [0.15, 0.2) is 5.58 Å². The zero-order valence-corrected chi connectivity index (χ0v) is 17.1. The van der Waals surface area contributed by atoms with Crippen LogP contribution in [0.3, 0.4) is 0 Å². The SMILES string of the molecule is Cc1ccc2nc(-c3ccc(NC(=O)c4ccc(C(C)(C)C)cc4)cc3)oc2c1. The summed E-state index contributed by atoms with van der Waals surface area (Å²) in [6, 6.07) is 21.2. The first-order valence-electron chi connectivity index (χ1n) is 9.69. The molecule has 4 aromatic rings. The topological polar surface area (TPSA) is 55.1 Å². The number of benzene rings is 3. The fourth-order valence-electron chi connectivity index (χ4n) is 3.18. The molecule has 0 radical (unpaired) electrons. The molecule has 0 unspecified atom stereocenters. The van der Waals surface area contributed by atoms with Gasteiger partial charge in [-0.25, -0.2) is 4.98 Å². The van der Waals surface area contributed by atoms with Crippen molar-refractivity contribution >= 4 is 22.7 Å². The molecule has 0 spiro atoms. The van der Waals surface area contributed by atoms with E-state index in [0.29, 0.717) is 11.5 Å². The van der Waals surface area contributed by atoms with Crippen LogP contribution in [0, 0.1) is 6.92 Å². The summed E-state index contributed by atoms with van der Waals surface area (Å²) in [4.78, 5) is 17.1. The molecular formula is C25H24N2O2. The van der Waals surface area contributed by atoms with E-state index in [2.05, 4.69) is 31.1 Å². The van der Waals surface area contributed by atoms with Gasteiger partial charge in [0, 0.05) is 16.8 Å². The highest BCUT2D eigenvalue weighted by Gasteiger charge is 2.14. The molecule has 0 bridgehead atoms. The molecule has 146 valence electrons. The molecule has 0 aliphatic heterocycles. The van der Waals surface area contributed by atoms with Gasteiger partial charge in [-0.2, -0.15) is 0 Å². The van der Waals surface area contributed by atoms with Gasteiger partial charge >= 0.3 is 0 Å². The monoisotopic (exact) mass is 384 g/mol. The molecule has 0 saturated carbocycles. The van der Waals surface area contributed by atoms with Crippen molar-refractivity contribution in [3.63, 3.8) is 0 Å². The van der Waals surface area contributed by atoms with Crippen molar-refractivity contribution in [2.45, 2.75) is 33.1 Å². The zero-order valence-electron chi connectivity index (χ0n) is 17.1. The van der Waals surface area contributed by atoms with Gasteiger partial charge in [0.1, 0.15) is 5.52 Å². The van der Waals surface area contributed by atoms with Gasteiger partial charge in [-0.3, -0.25) is 4.79 Å². The predicted molar refractivity (Wildman–Crippen MR) is 117 cm³/mol. The maximum atomic E-state index is 12.5. The van der Waals surface area contributed by atoms with Crippen molar-refractivity contribution in [2.75, 3.05) is 5.32 Å². The Hall–Kier alpha value is -3.40. The molecule has 1 aromatic heterocycles. The number of aryl methyl sites for hydroxylation is 1. The molecule has 0 fully saturated rings. The van der Waals surface area contributed by atoms with Crippen LogP contribution in [0.25, 0.3) is 22.6 Å². The lowest BCUT2D eigenvalue weighted by Crippen LogP contribution is -2.14. The Bertz CT molecular complexity index is 1160. The molecule has 0 saturated heterocycles. The van der Waals surface area contributed by atoms with Gasteiger partial charge in [0.25, 0.3) is 5.91 Å². The van der Waals surface area contributed by atoms with Crippen molar-refractivity contribution in [1.29, 1.82) is 0 Å². The van der Waals surface area contributed by atoms with E-state index < -0.39 is 0 Å². The molecule has 1 N–H and O–H groups in total. The minimum atomic E-state index is -0.129. The van der Waals surface area contributed by atoms with Crippen LogP contribution < -0.4 is 5.32 Å². The maximum Gasteiger partial charge on any atom is 0.255 e. The van der Waals surface area contributed by atoms with Crippen molar-refractivity contribution in [1.82, 2.24) is 4.98 Å². The first kappa shape index (κ1) is 18.9. The lowest BCUT2D eigenvalue weighted by atomic mass is 9.87. The van der Waals surface area contributed by atoms with Gasteiger partial charge < -0.3 is 9.73 Å². The standard InChI is InChI=1S/C25H24N2O2/c1-16-5-14-21-22(15-16)29-24(27-21)18-8-12-20(13-9-18)26-23(28)17-6-10-19(11-7-17)25(2,3)4/h5-15H,1-4H3,(H,26,28). The van der Waals surface area contributed by atoms with Gasteiger partial charge in [0.2, 0.25) is 5.89 Å². The number of rotatable bonds is 3.